The van der Waals surface area contributed by atoms with E-state index in [9.17, 15) is 4.79 Å². The number of carbonyl (C=O) groups excluding carboxylic acids is 1. The average Bonchev–Trinajstić information content (AvgIpc) is 3.21. The third-order valence-electron chi connectivity index (χ3n) is 4.66. The van der Waals surface area contributed by atoms with Crippen LogP contribution in [0.2, 0.25) is 0 Å². The fourth-order valence-corrected chi connectivity index (χ4v) is 3.30. The smallest absolute Gasteiger partial charge is 0.256 e. The van der Waals surface area contributed by atoms with Crippen molar-refractivity contribution >= 4 is 17.5 Å². The predicted octanol–water partition coefficient (Wildman–Crippen LogP) is 2.62. The maximum absolute atomic E-state index is 13.4. The first kappa shape index (κ1) is 18.5. The van der Waals surface area contributed by atoms with Gasteiger partial charge >= 0.3 is 0 Å². The van der Waals surface area contributed by atoms with Crippen LogP contribution < -0.4 is 20.1 Å². The van der Waals surface area contributed by atoms with Gasteiger partial charge in [0.2, 0.25) is 5.95 Å². The maximum atomic E-state index is 13.4. The van der Waals surface area contributed by atoms with Crippen LogP contribution in [0.15, 0.2) is 60.2 Å². The normalized spacial score (nSPS) is 15.3. The van der Waals surface area contributed by atoms with Gasteiger partial charge in [0.1, 0.15) is 23.9 Å². The summed E-state index contributed by atoms with van der Waals surface area (Å²) in [5.41, 5.74) is 2.33. The van der Waals surface area contributed by atoms with Gasteiger partial charge < -0.3 is 20.1 Å². The largest absolute Gasteiger partial charge is 0.497 e. The minimum atomic E-state index is -0.522. The molecule has 2 aromatic heterocycles. The van der Waals surface area contributed by atoms with E-state index >= 15 is 0 Å². The molecule has 0 bridgehead atoms. The Balaban J connectivity index is 1.75. The zero-order valence-corrected chi connectivity index (χ0v) is 16.2. The zero-order valence-electron chi connectivity index (χ0n) is 16.2. The van der Waals surface area contributed by atoms with Crippen molar-refractivity contribution in [2.45, 2.75) is 13.0 Å². The molecule has 0 spiro atoms. The molecule has 1 atom stereocenters. The van der Waals surface area contributed by atoms with Gasteiger partial charge in [-0.05, 0) is 31.2 Å². The summed E-state index contributed by atoms with van der Waals surface area (Å²) >= 11 is 0. The summed E-state index contributed by atoms with van der Waals surface area (Å²) in [6.45, 7) is 1.83. The monoisotopic (exact) mass is 392 g/mol. The average molecular weight is 392 g/mol. The molecule has 0 radical (unpaired) electrons. The number of aromatic nitrogens is 4. The fraction of sp³-hybridized carbons (Fsp3) is 0.200. The molecule has 0 saturated heterocycles. The highest BCUT2D eigenvalue weighted by Gasteiger charge is 2.34. The minimum Gasteiger partial charge on any atom is -0.497 e. The Morgan fingerprint density at radius 2 is 2.03 bits per heavy atom. The number of nitrogens with one attached hydrogen (secondary N) is 2. The molecule has 0 aliphatic carbocycles. The molecular formula is C20H20N6O3. The topological polar surface area (TPSA) is 103 Å². The van der Waals surface area contributed by atoms with Gasteiger partial charge in [-0.25, -0.2) is 4.68 Å². The van der Waals surface area contributed by atoms with Crippen LogP contribution in [0.3, 0.4) is 0 Å². The van der Waals surface area contributed by atoms with Crippen LogP contribution in [0.4, 0.5) is 11.6 Å². The molecule has 148 valence electrons. The van der Waals surface area contributed by atoms with Gasteiger partial charge in [0.15, 0.2) is 0 Å². The zero-order chi connectivity index (χ0) is 20.4. The molecule has 1 aliphatic rings. The molecular weight excluding hydrogens is 372 g/mol. The highest BCUT2D eigenvalue weighted by atomic mass is 16.5. The number of allylic oxidation sites excluding steroid dienone is 1. The maximum Gasteiger partial charge on any atom is 0.256 e. The number of hydrogen-bond donors (Lipinski definition) is 2. The molecule has 9 heteroatoms. The lowest BCUT2D eigenvalue weighted by atomic mass is 9.98. The standard InChI is InChI=1S/C20H20N6O3/c1-12-17(19(27)25-15-10-13(28-2)7-8-16(15)29-3)18(14-6-4-5-9-21-14)26-20(24-12)22-11-23-26/h4-11,18H,1-3H3,(H,25,27)(H,22,23,24). The molecule has 0 fully saturated rings. The van der Waals surface area contributed by atoms with Gasteiger partial charge in [0.05, 0.1) is 31.2 Å². The quantitative estimate of drug-likeness (QED) is 0.688. The van der Waals surface area contributed by atoms with Crippen LogP contribution in [0, 0.1) is 0 Å². The Hall–Kier alpha value is -3.88. The lowest BCUT2D eigenvalue weighted by molar-refractivity contribution is -0.113. The third kappa shape index (κ3) is 3.38. The van der Waals surface area contributed by atoms with Crippen molar-refractivity contribution in [2.75, 3.05) is 24.9 Å². The molecule has 1 unspecified atom stereocenters. The number of nitrogens with zero attached hydrogens (tertiary/aromatic N) is 4. The van der Waals surface area contributed by atoms with E-state index < -0.39 is 6.04 Å². The highest BCUT2D eigenvalue weighted by Crippen LogP contribution is 2.35. The van der Waals surface area contributed by atoms with Gasteiger partial charge in [0, 0.05) is 18.0 Å². The summed E-state index contributed by atoms with van der Waals surface area (Å²) in [5, 5.41) is 10.4. The number of hydrogen-bond acceptors (Lipinski definition) is 7. The SMILES string of the molecule is COc1ccc(OC)c(NC(=O)C2=C(C)Nc3ncnn3C2c2ccccn2)c1. The summed E-state index contributed by atoms with van der Waals surface area (Å²) in [4.78, 5) is 22.0. The number of benzene rings is 1. The van der Waals surface area contributed by atoms with Crippen LogP contribution in [0.5, 0.6) is 11.5 Å². The molecule has 3 heterocycles. The van der Waals surface area contributed by atoms with E-state index in [2.05, 4.69) is 25.7 Å². The van der Waals surface area contributed by atoms with E-state index in [4.69, 9.17) is 9.47 Å². The van der Waals surface area contributed by atoms with E-state index in [1.165, 1.54) is 6.33 Å². The summed E-state index contributed by atoms with van der Waals surface area (Å²) in [5.74, 6) is 1.37. The molecule has 29 heavy (non-hydrogen) atoms. The summed E-state index contributed by atoms with van der Waals surface area (Å²) in [6.07, 6.45) is 3.13. The molecule has 1 aliphatic heterocycles. The number of ether oxygens (including phenoxy) is 2. The summed E-state index contributed by atoms with van der Waals surface area (Å²) in [7, 11) is 3.11. The van der Waals surface area contributed by atoms with Gasteiger partial charge in [-0.1, -0.05) is 6.07 Å². The highest BCUT2D eigenvalue weighted by molar-refractivity contribution is 6.06. The number of rotatable bonds is 5. The van der Waals surface area contributed by atoms with Gasteiger partial charge in [-0.3, -0.25) is 9.78 Å². The van der Waals surface area contributed by atoms with Crippen LogP contribution in [-0.4, -0.2) is 39.9 Å². The number of amides is 1. The number of pyridine rings is 1. The molecule has 1 amide bonds. The van der Waals surface area contributed by atoms with E-state index in [0.717, 1.165) is 0 Å². The van der Waals surface area contributed by atoms with Crippen molar-refractivity contribution in [2.24, 2.45) is 0 Å². The van der Waals surface area contributed by atoms with Crippen molar-refractivity contribution in [3.63, 3.8) is 0 Å². The van der Waals surface area contributed by atoms with Gasteiger partial charge in [-0.15, -0.1) is 0 Å². The van der Waals surface area contributed by atoms with Crippen LogP contribution in [0.1, 0.15) is 18.7 Å². The second kappa shape index (κ2) is 7.63. The second-order valence-electron chi connectivity index (χ2n) is 6.37. The Morgan fingerprint density at radius 3 is 2.76 bits per heavy atom. The third-order valence-corrected chi connectivity index (χ3v) is 4.66. The van der Waals surface area contributed by atoms with Crippen molar-refractivity contribution < 1.29 is 14.3 Å². The van der Waals surface area contributed by atoms with Gasteiger partial charge in [-0.2, -0.15) is 10.1 Å². The van der Waals surface area contributed by atoms with E-state index in [-0.39, 0.29) is 5.91 Å². The second-order valence-corrected chi connectivity index (χ2v) is 6.37. The van der Waals surface area contributed by atoms with Crippen LogP contribution in [0.25, 0.3) is 0 Å². The Morgan fingerprint density at radius 1 is 1.17 bits per heavy atom. The van der Waals surface area contributed by atoms with E-state index in [0.29, 0.717) is 40.1 Å². The van der Waals surface area contributed by atoms with Crippen LogP contribution in [-0.2, 0) is 4.79 Å². The van der Waals surface area contributed by atoms with Crippen molar-refractivity contribution in [1.82, 2.24) is 19.7 Å². The Bertz CT molecular complexity index is 1080. The van der Waals surface area contributed by atoms with E-state index in [1.807, 2.05) is 25.1 Å². The van der Waals surface area contributed by atoms with Crippen molar-refractivity contribution in [3.8, 4) is 11.5 Å². The summed E-state index contributed by atoms with van der Waals surface area (Å²) in [6, 6.07) is 10.2. The number of carbonyl (C=O) groups is 1. The lowest BCUT2D eigenvalue weighted by Crippen LogP contribution is -2.32. The van der Waals surface area contributed by atoms with Crippen molar-refractivity contribution in [3.05, 3.63) is 65.9 Å². The first-order valence-corrected chi connectivity index (χ1v) is 8.94. The number of anilines is 2. The molecule has 0 saturated carbocycles. The molecule has 1 aromatic carbocycles. The number of methoxy groups -OCH3 is 2. The molecule has 9 nitrogen and oxygen atoms in total. The fourth-order valence-electron chi connectivity index (χ4n) is 3.30. The lowest BCUT2D eigenvalue weighted by Gasteiger charge is -2.28. The molecule has 4 rings (SSSR count). The Labute approximate surface area is 167 Å². The molecule has 2 N–H and O–H groups in total. The minimum absolute atomic E-state index is 0.307. The first-order chi connectivity index (χ1) is 14.1. The number of fused-ring (bicyclic) bond motifs is 1. The van der Waals surface area contributed by atoms with Crippen LogP contribution >= 0.6 is 0 Å². The Kier molecular flexibility index (Phi) is 4.86. The summed E-state index contributed by atoms with van der Waals surface area (Å²) < 4.78 is 12.3. The van der Waals surface area contributed by atoms with Crippen molar-refractivity contribution in [1.29, 1.82) is 0 Å². The predicted molar refractivity (Wildman–Crippen MR) is 107 cm³/mol. The molecule has 3 aromatic rings. The first-order valence-electron chi connectivity index (χ1n) is 8.94. The van der Waals surface area contributed by atoms with Gasteiger partial charge in [0.25, 0.3) is 5.91 Å². The van der Waals surface area contributed by atoms with E-state index in [1.54, 1.807) is 43.3 Å².